The van der Waals surface area contributed by atoms with Gasteiger partial charge in [-0.25, -0.2) is 0 Å². The van der Waals surface area contributed by atoms with E-state index in [0.29, 0.717) is 0 Å². The third-order valence-corrected chi connectivity index (χ3v) is 4.18. The van der Waals surface area contributed by atoms with E-state index in [0.717, 1.165) is 4.48 Å². The van der Waals surface area contributed by atoms with Crippen LogP contribution in [0.2, 0.25) is 0 Å². The monoisotopic (exact) mass is 321 g/mol. The molecule has 0 fully saturated rings. The molecular formula is C19H44ClN+2. The summed E-state index contributed by atoms with van der Waals surface area (Å²) in [6, 6.07) is 0. The van der Waals surface area contributed by atoms with Gasteiger partial charge in [-0.3, -0.25) is 0 Å². The summed E-state index contributed by atoms with van der Waals surface area (Å²) in [5.74, 6) is 0. The highest BCUT2D eigenvalue weighted by atomic mass is 35.5. The van der Waals surface area contributed by atoms with Gasteiger partial charge in [-0.2, -0.15) is 0 Å². The number of unbranched alkanes of at least 4 members (excludes halogenated alkanes) is 13. The predicted molar refractivity (Wildman–Crippen MR) is 96.0 cm³/mol. The highest BCUT2D eigenvalue weighted by Gasteiger charge is 2.04. The van der Waals surface area contributed by atoms with Crippen molar-refractivity contribution in [1.29, 1.82) is 0 Å². The van der Waals surface area contributed by atoms with Crippen molar-refractivity contribution in [3.63, 3.8) is 0 Å². The van der Waals surface area contributed by atoms with Crippen LogP contribution in [0.15, 0.2) is 0 Å². The first-order chi connectivity index (χ1) is 9.56. The molecule has 0 aliphatic rings. The molecule has 0 spiro atoms. The molecule has 0 saturated carbocycles. The molecule has 0 saturated heterocycles. The molecule has 0 aromatic rings. The second-order valence-electron chi connectivity index (χ2n) is 7.61. The molecule has 21 heavy (non-hydrogen) atoms. The number of quaternary nitrogens is 1. The van der Waals surface area contributed by atoms with E-state index in [1.54, 1.807) is 0 Å². The van der Waals surface area contributed by atoms with Crippen LogP contribution in [0.3, 0.4) is 0 Å². The summed E-state index contributed by atoms with van der Waals surface area (Å²) < 4.78 is 1.12. The van der Waals surface area contributed by atoms with Gasteiger partial charge in [0.2, 0.25) is 0 Å². The van der Waals surface area contributed by atoms with E-state index in [1.807, 2.05) is 0 Å². The number of halogens is 1. The number of hydrogen-bond donors (Lipinski definition) is 0. The lowest BCUT2D eigenvalue weighted by molar-refractivity contribution is -0.870. The second kappa shape index (κ2) is 16.6. The van der Waals surface area contributed by atoms with Crippen LogP contribution in [-0.2, 0) is 0 Å². The molecule has 0 aliphatic heterocycles. The number of nitrogens with zero attached hydrogens (tertiary/aromatic N) is 1. The molecule has 0 aromatic heterocycles. The molecule has 0 radical (unpaired) electrons. The highest BCUT2D eigenvalue weighted by molar-refractivity contribution is 4.49. The van der Waals surface area contributed by atoms with Crippen LogP contribution in [-0.4, -0.2) is 32.2 Å². The van der Waals surface area contributed by atoms with Crippen LogP contribution < -0.4 is 0 Å². The predicted octanol–water partition coefficient (Wildman–Crippen LogP) is 5.64. The van der Waals surface area contributed by atoms with Gasteiger partial charge in [0.05, 0.1) is 40.1 Å². The average Bonchev–Trinajstić information content (AvgIpc) is 2.38. The first kappa shape index (κ1) is 23.5. The van der Waals surface area contributed by atoms with Crippen molar-refractivity contribution < 1.29 is 16.9 Å². The van der Waals surface area contributed by atoms with Gasteiger partial charge in [0.15, 0.2) is 0 Å². The van der Waals surface area contributed by atoms with Gasteiger partial charge in [-0.05, 0) is 12.8 Å². The van der Waals surface area contributed by atoms with Crippen LogP contribution in [0.25, 0.3) is 0 Å². The summed E-state index contributed by atoms with van der Waals surface area (Å²) in [4.78, 5) is 0. The van der Waals surface area contributed by atoms with Crippen molar-refractivity contribution in [1.82, 2.24) is 0 Å². The summed E-state index contributed by atoms with van der Waals surface area (Å²) in [6.07, 6.45) is 20.4. The lowest BCUT2D eigenvalue weighted by Crippen LogP contribution is -2.35. The van der Waals surface area contributed by atoms with E-state index in [4.69, 9.17) is 0 Å². The normalized spacial score (nSPS) is 11.4. The molecule has 0 atom stereocenters. The third kappa shape index (κ3) is 22.7. The largest absolute Gasteiger partial charge is 0.331 e. The topological polar surface area (TPSA) is 0 Å². The quantitative estimate of drug-likeness (QED) is 0.270. The fourth-order valence-corrected chi connectivity index (χ4v) is 2.78. The van der Waals surface area contributed by atoms with Crippen LogP contribution in [0.1, 0.15) is 96.8 Å². The Bertz CT molecular complexity index is 186. The zero-order valence-corrected chi connectivity index (χ0v) is 16.4. The van der Waals surface area contributed by atoms with Crippen LogP contribution in [0, 0.1) is 12.4 Å². The van der Waals surface area contributed by atoms with E-state index >= 15 is 0 Å². The molecule has 0 amide bonds. The third-order valence-electron chi connectivity index (χ3n) is 4.18. The van der Waals surface area contributed by atoms with Crippen LogP contribution >= 0.6 is 0 Å². The maximum absolute atomic E-state index is 2.29. The zero-order chi connectivity index (χ0) is 15.1. The molecule has 0 heterocycles. The summed E-state index contributed by atoms with van der Waals surface area (Å²) >= 11 is 0. The molecule has 0 bridgehead atoms. The Labute approximate surface area is 141 Å². The zero-order valence-electron chi connectivity index (χ0n) is 15.5. The smallest absolute Gasteiger partial charge is 0.0903 e. The Balaban J connectivity index is 0. The molecule has 130 valence electrons. The fourth-order valence-electron chi connectivity index (χ4n) is 2.78. The minimum absolute atomic E-state index is 0. The highest BCUT2D eigenvalue weighted by Crippen LogP contribution is 2.13. The summed E-state index contributed by atoms with van der Waals surface area (Å²) in [5.41, 5.74) is 0. The van der Waals surface area contributed by atoms with E-state index < -0.39 is 0 Å². The van der Waals surface area contributed by atoms with Crippen molar-refractivity contribution in [2.75, 3.05) is 27.7 Å². The summed E-state index contributed by atoms with van der Waals surface area (Å²) in [6.45, 7) is 3.63. The molecule has 2 heteroatoms. The first-order valence-corrected chi connectivity index (χ1v) is 9.36. The van der Waals surface area contributed by atoms with Gasteiger partial charge in [-0.15, -0.1) is 0 Å². The van der Waals surface area contributed by atoms with Gasteiger partial charge in [0.25, 0.3) is 0 Å². The number of rotatable bonds is 15. The minimum Gasteiger partial charge on any atom is -0.331 e. The Morgan fingerprint density at radius 3 is 1.05 bits per heavy atom. The van der Waals surface area contributed by atoms with E-state index in [2.05, 4.69) is 28.1 Å². The lowest BCUT2D eigenvalue weighted by Gasteiger charge is -2.23. The van der Waals surface area contributed by atoms with Crippen molar-refractivity contribution in [3.8, 4) is 0 Å². The maximum Gasteiger partial charge on any atom is 0.0903 e. The molecule has 0 aromatic carbocycles. The van der Waals surface area contributed by atoms with Gasteiger partial charge >= 0.3 is 0 Å². The van der Waals surface area contributed by atoms with Crippen molar-refractivity contribution in [3.05, 3.63) is 0 Å². The van der Waals surface area contributed by atoms with Crippen molar-refractivity contribution >= 4 is 0 Å². The summed E-state index contributed by atoms with van der Waals surface area (Å²) in [7, 11) is 6.88. The molecule has 0 unspecified atom stereocenters. The minimum atomic E-state index is 0. The SMILES string of the molecule is CCCCCCCCCCCCCCCC[N+](C)(C)C.[ClH2+]. The van der Waals surface area contributed by atoms with Crippen LogP contribution in [0.4, 0.5) is 0 Å². The standard InChI is InChI=1S/C19H42N.ClH2/c1-5-6-7-8-9-10-11-12-13-14-15-16-17-18-19-20(2,3)4;/h5-19H2,1-4H3;1H2/q2*+1. The van der Waals surface area contributed by atoms with E-state index in [-0.39, 0.29) is 12.4 Å². The maximum atomic E-state index is 2.29. The molecular weight excluding hydrogens is 278 g/mol. The fraction of sp³-hybridized carbons (Fsp3) is 1.00. The Kier molecular flexibility index (Phi) is 18.6. The van der Waals surface area contributed by atoms with Crippen molar-refractivity contribution in [2.45, 2.75) is 96.8 Å². The molecule has 0 rings (SSSR count). The Morgan fingerprint density at radius 2 is 0.762 bits per heavy atom. The van der Waals surface area contributed by atoms with Crippen LogP contribution in [0.5, 0.6) is 0 Å². The average molecular weight is 322 g/mol. The van der Waals surface area contributed by atoms with E-state index in [9.17, 15) is 0 Å². The van der Waals surface area contributed by atoms with Gasteiger partial charge in [0, 0.05) is 0 Å². The van der Waals surface area contributed by atoms with Gasteiger partial charge < -0.3 is 4.48 Å². The van der Waals surface area contributed by atoms with Gasteiger partial charge in [-0.1, -0.05) is 84.0 Å². The second-order valence-corrected chi connectivity index (χ2v) is 7.61. The molecule has 0 aliphatic carbocycles. The first-order valence-electron chi connectivity index (χ1n) is 9.36. The summed E-state index contributed by atoms with van der Waals surface area (Å²) in [5, 5.41) is 0. The molecule has 1 nitrogen and oxygen atoms in total. The van der Waals surface area contributed by atoms with E-state index in [1.165, 1.54) is 96.4 Å². The Morgan fingerprint density at radius 1 is 0.476 bits per heavy atom. The lowest BCUT2D eigenvalue weighted by atomic mass is 10.0. The van der Waals surface area contributed by atoms with Crippen molar-refractivity contribution in [2.24, 2.45) is 0 Å². The Hall–Kier alpha value is 0.250. The number of hydrogen-bond acceptors (Lipinski definition) is 0. The van der Waals surface area contributed by atoms with Gasteiger partial charge in [0.1, 0.15) is 0 Å². The molecule has 0 N–H and O–H groups in total.